The molecule has 0 fully saturated rings. The molecule has 0 aliphatic rings. The van der Waals surface area contributed by atoms with Crippen molar-refractivity contribution in [1.29, 1.82) is 0 Å². The molecule has 2 heterocycles. The molecule has 0 aliphatic heterocycles. The number of rotatable bonds is 3. The maximum absolute atomic E-state index is 12.5. The number of aromatic nitrogens is 4. The van der Waals surface area contributed by atoms with Crippen molar-refractivity contribution in [2.24, 2.45) is 14.1 Å². The molecule has 26 heavy (non-hydrogen) atoms. The van der Waals surface area contributed by atoms with Crippen molar-refractivity contribution in [3.05, 3.63) is 50.7 Å². The summed E-state index contributed by atoms with van der Waals surface area (Å²) in [6, 6.07) is 8.10. The van der Waals surface area contributed by atoms with Gasteiger partial charge < -0.3 is 4.74 Å². The van der Waals surface area contributed by atoms with Gasteiger partial charge in [0.1, 0.15) is 5.75 Å². The van der Waals surface area contributed by atoms with Crippen molar-refractivity contribution in [3.63, 3.8) is 0 Å². The summed E-state index contributed by atoms with van der Waals surface area (Å²) in [5.74, 6) is 0.629. The lowest BCUT2D eigenvalue weighted by atomic mass is 9.87. The van der Waals surface area contributed by atoms with Gasteiger partial charge in [-0.15, -0.1) is 0 Å². The van der Waals surface area contributed by atoms with Gasteiger partial charge in [0.2, 0.25) is 0 Å². The number of aryl methyl sites for hydroxylation is 2. The lowest BCUT2D eigenvalue weighted by Gasteiger charge is -2.19. The zero-order chi connectivity index (χ0) is 19.2. The Morgan fingerprint density at radius 2 is 1.65 bits per heavy atom. The first-order chi connectivity index (χ1) is 12.1. The summed E-state index contributed by atoms with van der Waals surface area (Å²) in [6.45, 7) is 8.85. The highest BCUT2D eigenvalue weighted by Gasteiger charge is 2.20. The van der Waals surface area contributed by atoms with Crippen LogP contribution < -0.4 is 16.0 Å². The molecule has 138 valence electrons. The highest BCUT2D eigenvalue weighted by atomic mass is 16.5. The summed E-state index contributed by atoms with van der Waals surface area (Å²) < 4.78 is 10.1. The molecule has 7 heteroatoms. The Hall–Kier alpha value is -2.83. The van der Waals surface area contributed by atoms with E-state index in [0.717, 1.165) is 4.57 Å². The molecule has 0 amide bonds. The van der Waals surface area contributed by atoms with E-state index in [1.807, 2.05) is 31.2 Å². The van der Waals surface area contributed by atoms with Crippen molar-refractivity contribution >= 4 is 11.2 Å². The summed E-state index contributed by atoms with van der Waals surface area (Å²) in [7, 11) is 3.06. The molecule has 0 N–H and O–H groups in total. The average molecular weight is 356 g/mol. The van der Waals surface area contributed by atoms with Gasteiger partial charge in [0.05, 0.1) is 0 Å². The fourth-order valence-corrected chi connectivity index (χ4v) is 2.93. The van der Waals surface area contributed by atoms with E-state index in [2.05, 4.69) is 25.8 Å². The number of imidazole rings is 1. The second-order valence-electron chi connectivity index (χ2n) is 7.39. The van der Waals surface area contributed by atoms with Gasteiger partial charge in [0.25, 0.3) is 5.56 Å². The first-order valence-electron chi connectivity index (χ1n) is 8.59. The molecule has 0 bridgehead atoms. The standard InChI is InChI=1S/C19H24N4O3/c1-7-23-14-15(21(5)18(25)22(6)16(14)24)20-17(23)26-13-10-8-12(9-11-13)19(2,3)4/h8-11H,7H2,1-6H3. The van der Waals surface area contributed by atoms with Gasteiger partial charge in [-0.1, -0.05) is 32.9 Å². The van der Waals surface area contributed by atoms with Crippen LogP contribution in [0, 0.1) is 0 Å². The van der Waals surface area contributed by atoms with Crippen LogP contribution in [0.3, 0.4) is 0 Å². The van der Waals surface area contributed by atoms with Crippen molar-refractivity contribution in [1.82, 2.24) is 18.7 Å². The third-order valence-electron chi connectivity index (χ3n) is 4.56. The smallest absolute Gasteiger partial charge is 0.332 e. The molecule has 0 unspecified atom stereocenters. The van der Waals surface area contributed by atoms with Crippen LogP contribution in [0.1, 0.15) is 33.3 Å². The first-order valence-corrected chi connectivity index (χ1v) is 8.59. The lowest BCUT2D eigenvalue weighted by Crippen LogP contribution is -2.37. The monoisotopic (exact) mass is 356 g/mol. The van der Waals surface area contributed by atoms with Crippen molar-refractivity contribution in [3.8, 4) is 11.8 Å². The van der Waals surface area contributed by atoms with E-state index in [4.69, 9.17) is 4.74 Å². The van der Waals surface area contributed by atoms with E-state index in [-0.39, 0.29) is 11.0 Å². The molecule has 0 aliphatic carbocycles. The van der Waals surface area contributed by atoms with Gasteiger partial charge in [-0.2, -0.15) is 4.98 Å². The molecule has 0 saturated heterocycles. The number of fused-ring (bicyclic) bond motifs is 1. The Morgan fingerprint density at radius 3 is 2.19 bits per heavy atom. The maximum Gasteiger partial charge on any atom is 0.332 e. The summed E-state index contributed by atoms with van der Waals surface area (Å²) >= 11 is 0. The predicted molar refractivity (Wildman–Crippen MR) is 101 cm³/mol. The third kappa shape index (κ3) is 2.83. The van der Waals surface area contributed by atoms with Gasteiger partial charge >= 0.3 is 11.7 Å². The Labute approximate surface area is 151 Å². The minimum atomic E-state index is -0.413. The van der Waals surface area contributed by atoms with E-state index in [1.54, 1.807) is 11.6 Å². The molecule has 0 spiro atoms. The molecule has 0 saturated carbocycles. The Morgan fingerprint density at radius 1 is 1.04 bits per heavy atom. The van der Waals surface area contributed by atoms with E-state index in [9.17, 15) is 9.59 Å². The zero-order valence-electron chi connectivity index (χ0n) is 16.0. The number of ether oxygens (including phenoxy) is 1. The van der Waals surface area contributed by atoms with Crippen LogP contribution in [0.25, 0.3) is 11.2 Å². The molecular formula is C19H24N4O3. The summed E-state index contributed by atoms with van der Waals surface area (Å²) in [6.07, 6.45) is 0. The molecule has 1 aromatic carbocycles. The highest BCUT2D eigenvalue weighted by molar-refractivity contribution is 5.72. The topological polar surface area (TPSA) is 71.1 Å². The quantitative estimate of drug-likeness (QED) is 0.723. The van der Waals surface area contributed by atoms with Crippen molar-refractivity contribution in [2.45, 2.75) is 39.7 Å². The fourth-order valence-electron chi connectivity index (χ4n) is 2.93. The fraction of sp³-hybridized carbons (Fsp3) is 0.421. The molecular weight excluding hydrogens is 332 g/mol. The number of nitrogens with zero attached hydrogens (tertiary/aromatic N) is 4. The van der Waals surface area contributed by atoms with Crippen LogP contribution in [0.2, 0.25) is 0 Å². The lowest BCUT2D eigenvalue weighted by molar-refractivity contribution is 0.418. The zero-order valence-corrected chi connectivity index (χ0v) is 16.0. The Bertz CT molecular complexity index is 1080. The van der Waals surface area contributed by atoms with Crippen LogP contribution in [0.5, 0.6) is 11.8 Å². The molecule has 3 aromatic rings. The van der Waals surface area contributed by atoms with Gasteiger partial charge in [-0.3, -0.25) is 18.5 Å². The van der Waals surface area contributed by atoms with E-state index in [0.29, 0.717) is 29.5 Å². The summed E-state index contributed by atoms with van der Waals surface area (Å²) in [5.41, 5.74) is 1.14. The van der Waals surface area contributed by atoms with Crippen molar-refractivity contribution < 1.29 is 4.74 Å². The Kier molecular flexibility index (Phi) is 4.26. The molecule has 2 aromatic heterocycles. The van der Waals surface area contributed by atoms with E-state index < -0.39 is 5.69 Å². The summed E-state index contributed by atoms with van der Waals surface area (Å²) in [4.78, 5) is 29.1. The molecule has 0 radical (unpaired) electrons. The summed E-state index contributed by atoms with van der Waals surface area (Å²) in [5, 5.41) is 0. The number of hydrogen-bond donors (Lipinski definition) is 0. The minimum absolute atomic E-state index is 0.0551. The van der Waals surface area contributed by atoms with E-state index >= 15 is 0 Å². The third-order valence-corrected chi connectivity index (χ3v) is 4.56. The van der Waals surface area contributed by atoms with Crippen LogP contribution in [-0.2, 0) is 26.1 Å². The highest BCUT2D eigenvalue weighted by Crippen LogP contribution is 2.27. The van der Waals surface area contributed by atoms with E-state index in [1.165, 1.54) is 17.2 Å². The van der Waals surface area contributed by atoms with Gasteiger partial charge in [0.15, 0.2) is 11.2 Å². The number of hydrogen-bond acceptors (Lipinski definition) is 4. The minimum Gasteiger partial charge on any atom is -0.425 e. The second-order valence-corrected chi connectivity index (χ2v) is 7.39. The van der Waals surface area contributed by atoms with Crippen LogP contribution in [0.4, 0.5) is 0 Å². The molecule has 3 rings (SSSR count). The van der Waals surface area contributed by atoms with Crippen LogP contribution in [0.15, 0.2) is 33.9 Å². The Balaban J connectivity index is 2.12. The first kappa shape index (κ1) is 18.0. The van der Waals surface area contributed by atoms with Crippen molar-refractivity contribution in [2.75, 3.05) is 0 Å². The molecule has 7 nitrogen and oxygen atoms in total. The van der Waals surface area contributed by atoms with Crippen LogP contribution in [-0.4, -0.2) is 18.7 Å². The van der Waals surface area contributed by atoms with Crippen LogP contribution >= 0.6 is 0 Å². The van der Waals surface area contributed by atoms with Gasteiger partial charge in [-0.25, -0.2) is 4.79 Å². The number of benzene rings is 1. The average Bonchev–Trinajstić information content (AvgIpc) is 2.96. The molecule has 0 atom stereocenters. The van der Waals surface area contributed by atoms with Gasteiger partial charge in [-0.05, 0) is 30.0 Å². The largest absolute Gasteiger partial charge is 0.425 e. The predicted octanol–water partition coefficient (Wildman–Crippen LogP) is 2.54. The van der Waals surface area contributed by atoms with Gasteiger partial charge in [0, 0.05) is 20.6 Å². The second kappa shape index (κ2) is 6.16. The normalized spacial score (nSPS) is 11.9. The SMILES string of the molecule is CCn1c(Oc2ccc(C(C)(C)C)cc2)nc2c1c(=O)n(C)c(=O)n2C. The maximum atomic E-state index is 12.5.